The van der Waals surface area contributed by atoms with Gasteiger partial charge in [0.25, 0.3) is 0 Å². The fraction of sp³-hybridized carbons (Fsp3) is 0.562. The molecule has 102 valence electrons. The molecule has 0 heterocycles. The largest absolute Gasteiger partial charge is 0.478 e. The SMILES string of the molecule is O=C(O)c1cccc(CCNC2CC3CCC2C3)c1. The number of hydrogen-bond donors (Lipinski definition) is 2. The van der Waals surface area contributed by atoms with Gasteiger partial charge in [0.05, 0.1) is 5.56 Å². The summed E-state index contributed by atoms with van der Waals surface area (Å²) >= 11 is 0. The lowest BCUT2D eigenvalue weighted by Gasteiger charge is -2.23. The van der Waals surface area contributed by atoms with Gasteiger partial charge in [-0.05, 0) is 61.8 Å². The molecule has 3 unspecified atom stereocenters. The number of carbonyl (C=O) groups is 1. The maximum absolute atomic E-state index is 10.9. The van der Waals surface area contributed by atoms with Crippen molar-refractivity contribution in [3.63, 3.8) is 0 Å². The Kier molecular flexibility index (Phi) is 3.56. The van der Waals surface area contributed by atoms with Gasteiger partial charge in [0, 0.05) is 6.04 Å². The van der Waals surface area contributed by atoms with Crippen molar-refractivity contribution in [1.29, 1.82) is 0 Å². The second-order valence-electron chi connectivity index (χ2n) is 5.99. The van der Waals surface area contributed by atoms with Crippen molar-refractivity contribution in [3.8, 4) is 0 Å². The minimum Gasteiger partial charge on any atom is -0.478 e. The molecule has 1 aromatic carbocycles. The molecule has 3 nitrogen and oxygen atoms in total. The first-order valence-electron chi connectivity index (χ1n) is 7.28. The standard InChI is InChI=1S/C16H21NO2/c18-16(19)14-3-1-2-11(8-14)6-7-17-15-10-12-4-5-13(15)9-12/h1-3,8,12-13,15,17H,4-7,9-10H2,(H,18,19). The number of nitrogens with one attached hydrogen (secondary N) is 1. The van der Waals surface area contributed by atoms with Gasteiger partial charge in [-0.3, -0.25) is 0 Å². The van der Waals surface area contributed by atoms with Crippen LogP contribution in [-0.4, -0.2) is 23.7 Å². The fourth-order valence-corrected chi connectivity index (χ4v) is 3.76. The van der Waals surface area contributed by atoms with Crippen LogP contribution < -0.4 is 5.32 Å². The van der Waals surface area contributed by atoms with Crippen LogP contribution in [0, 0.1) is 11.8 Å². The number of benzene rings is 1. The van der Waals surface area contributed by atoms with E-state index in [9.17, 15) is 4.79 Å². The predicted molar refractivity (Wildman–Crippen MR) is 74.3 cm³/mol. The molecule has 2 aliphatic carbocycles. The minimum atomic E-state index is -0.845. The Balaban J connectivity index is 1.50. The zero-order valence-corrected chi connectivity index (χ0v) is 11.1. The Labute approximate surface area is 114 Å². The molecule has 3 rings (SSSR count). The number of fused-ring (bicyclic) bond motifs is 2. The molecule has 2 N–H and O–H groups in total. The summed E-state index contributed by atoms with van der Waals surface area (Å²) in [6.45, 7) is 0.955. The third-order valence-electron chi connectivity index (χ3n) is 4.73. The minimum absolute atomic E-state index is 0.387. The number of carboxylic acid groups (broad SMARTS) is 1. The molecule has 2 bridgehead atoms. The van der Waals surface area contributed by atoms with Gasteiger partial charge in [-0.1, -0.05) is 18.6 Å². The maximum Gasteiger partial charge on any atom is 0.335 e. The molecular formula is C16H21NO2. The van der Waals surface area contributed by atoms with Crippen molar-refractivity contribution in [3.05, 3.63) is 35.4 Å². The molecule has 2 aliphatic rings. The zero-order valence-electron chi connectivity index (χ0n) is 11.1. The number of rotatable bonds is 5. The molecule has 1 aromatic rings. The van der Waals surface area contributed by atoms with E-state index in [1.165, 1.54) is 25.7 Å². The lowest BCUT2D eigenvalue weighted by Crippen LogP contribution is -2.35. The van der Waals surface area contributed by atoms with Crippen LogP contribution >= 0.6 is 0 Å². The Morgan fingerprint density at radius 3 is 2.89 bits per heavy atom. The zero-order chi connectivity index (χ0) is 13.2. The highest BCUT2D eigenvalue weighted by Crippen LogP contribution is 2.44. The quantitative estimate of drug-likeness (QED) is 0.854. The Morgan fingerprint density at radius 1 is 1.32 bits per heavy atom. The van der Waals surface area contributed by atoms with Gasteiger partial charge < -0.3 is 10.4 Å². The van der Waals surface area contributed by atoms with Crippen molar-refractivity contribution in [1.82, 2.24) is 5.32 Å². The van der Waals surface area contributed by atoms with E-state index in [2.05, 4.69) is 5.32 Å². The van der Waals surface area contributed by atoms with Gasteiger partial charge in [-0.2, -0.15) is 0 Å². The van der Waals surface area contributed by atoms with Gasteiger partial charge in [-0.15, -0.1) is 0 Å². The molecule has 0 radical (unpaired) electrons. The summed E-state index contributed by atoms with van der Waals surface area (Å²) in [5.74, 6) is 1.02. The summed E-state index contributed by atoms with van der Waals surface area (Å²) in [4.78, 5) is 10.9. The summed E-state index contributed by atoms with van der Waals surface area (Å²) in [5, 5.41) is 12.6. The first-order chi connectivity index (χ1) is 9.22. The highest BCUT2D eigenvalue weighted by Gasteiger charge is 2.38. The number of carboxylic acids is 1. The first kappa shape index (κ1) is 12.7. The Bertz CT molecular complexity index is 472. The second kappa shape index (κ2) is 5.33. The third kappa shape index (κ3) is 2.81. The van der Waals surface area contributed by atoms with E-state index in [1.807, 2.05) is 12.1 Å². The van der Waals surface area contributed by atoms with Gasteiger partial charge in [0.15, 0.2) is 0 Å². The van der Waals surface area contributed by atoms with Crippen LogP contribution in [0.4, 0.5) is 0 Å². The van der Waals surface area contributed by atoms with Gasteiger partial charge in [0.2, 0.25) is 0 Å². The highest BCUT2D eigenvalue weighted by molar-refractivity contribution is 5.87. The molecule has 0 aromatic heterocycles. The van der Waals surface area contributed by atoms with Crippen molar-refractivity contribution < 1.29 is 9.90 Å². The molecule has 3 atom stereocenters. The molecule has 2 saturated carbocycles. The van der Waals surface area contributed by atoms with Crippen LogP contribution in [0.5, 0.6) is 0 Å². The number of hydrogen-bond acceptors (Lipinski definition) is 2. The van der Waals surface area contributed by atoms with E-state index in [-0.39, 0.29) is 0 Å². The molecule has 0 amide bonds. The molecule has 0 aliphatic heterocycles. The summed E-state index contributed by atoms with van der Waals surface area (Å²) in [6, 6.07) is 7.98. The lowest BCUT2D eigenvalue weighted by molar-refractivity contribution is 0.0696. The Morgan fingerprint density at radius 2 is 2.21 bits per heavy atom. The molecule has 0 saturated heterocycles. The average molecular weight is 259 g/mol. The predicted octanol–water partition coefficient (Wildman–Crippen LogP) is 2.71. The second-order valence-corrected chi connectivity index (χ2v) is 5.99. The van der Waals surface area contributed by atoms with Crippen molar-refractivity contribution >= 4 is 5.97 Å². The van der Waals surface area contributed by atoms with Crippen molar-refractivity contribution in [2.45, 2.75) is 38.1 Å². The first-order valence-corrected chi connectivity index (χ1v) is 7.28. The highest BCUT2D eigenvalue weighted by atomic mass is 16.4. The van der Waals surface area contributed by atoms with Crippen LogP contribution in [0.2, 0.25) is 0 Å². The summed E-state index contributed by atoms with van der Waals surface area (Å²) in [6.07, 6.45) is 6.52. The summed E-state index contributed by atoms with van der Waals surface area (Å²) in [5.41, 5.74) is 1.49. The van der Waals surface area contributed by atoms with E-state index in [4.69, 9.17) is 5.11 Å². The van der Waals surface area contributed by atoms with Crippen LogP contribution in [0.1, 0.15) is 41.6 Å². The Hall–Kier alpha value is -1.35. The summed E-state index contributed by atoms with van der Waals surface area (Å²) < 4.78 is 0. The summed E-state index contributed by atoms with van der Waals surface area (Å²) in [7, 11) is 0. The fourth-order valence-electron chi connectivity index (χ4n) is 3.76. The van der Waals surface area contributed by atoms with E-state index in [0.29, 0.717) is 11.6 Å². The van der Waals surface area contributed by atoms with Crippen LogP contribution in [0.3, 0.4) is 0 Å². The molecule has 19 heavy (non-hydrogen) atoms. The van der Waals surface area contributed by atoms with E-state index in [0.717, 1.165) is 30.4 Å². The van der Waals surface area contributed by atoms with Crippen LogP contribution in [0.15, 0.2) is 24.3 Å². The monoisotopic (exact) mass is 259 g/mol. The van der Waals surface area contributed by atoms with Crippen molar-refractivity contribution in [2.75, 3.05) is 6.54 Å². The van der Waals surface area contributed by atoms with Gasteiger partial charge >= 0.3 is 5.97 Å². The lowest BCUT2D eigenvalue weighted by atomic mass is 9.95. The normalized spacial score (nSPS) is 28.7. The molecule has 2 fully saturated rings. The van der Waals surface area contributed by atoms with E-state index in [1.54, 1.807) is 12.1 Å². The van der Waals surface area contributed by atoms with E-state index < -0.39 is 5.97 Å². The van der Waals surface area contributed by atoms with Crippen LogP contribution in [0.25, 0.3) is 0 Å². The third-order valence-corrected chi connectivity index (χ3v) is 4.73. The van der Waals surface area contributed by atoms with Gasteiger partial charge in [0.1, 0.15) is 0 Å². The van der Waals surface area contributed by atoms with E-state index >= 15 is 0 Å². The van der Waals surface area contributed by atoms with Crippen molar-refractivity contribution in [2.24, 2.45) is 11.8 Å². The molecule has 0 spiro atoms. The smallest absolute Gasteiger partial charge is 0.335 e. The van der Waals surface area contributed by atoms with Gasteiger partial charge in [-0.25, -0.2) is 4.79 Å². The topological polar surface area (TPSA) is 49.3 Å². The van der Waals surface area contributed by atoms with Crippen LogP contribution in [-0.2, 0) is 6.42 Å². The molecule has 3 heteroatoms. The molecular weight excluding hydrogens is 238 g/mol. The average Bonchev–Trinajstić information content (AvgIpc) is 3.01. The number of aromatic carboxylic acids is 1. The maximum atomic E-state index is 10.9.